The number of benzene rings is 1. The predicted octanol–water partition coefficient (Wildman–Crippen LogP) is 2.75. The molecule has 0 fully saturated rings. The monoisotopic (exact) mass is 258 g/mol. The summed E-state index contributed by atoms with van der Waals surface area (Å²) in [5.41, 5.74) is 6.24. The number of amidine groups is 1. The minimum Gasteiger partial charge on any atom is -0.385 e. The molecule has 0 saturated heterocycles. The maximum Gasteiger partial charge on any atom is 0.123 e. The van der Waals surface area contributed by atoms with Gasteiger partial charge in [-0.1, -0.05) is 11.6 Å². The summed E-state index contributed by atoms with van der Waals surface area (Å²) in [6.07, 6.45) is 0.963. The number of ether oxygens (including phenoxy) is 1. The number of hydrogen-bond donors (Lipinski definition) is 2. The number of nitrogens with two attached hydrogens (primary N) is 1. The van der Waals surface area contributed by atoms with Crippen LogP contribution in [0.2, 0.25) is 5.02 Å². The summed E-state index contributed by atoms with van der Waals surface area (Å²) in [6, 6.07) is 5.37. The zero-order valence-electron chi connectivity index (χ0n) is 9.13. The van der Waals surface area contributed by atoms with Gasteiger partial charge in [-0.25, -0.2) is 0 Å². The molecule has 5 heteroatoms. The summed E-state index contributed by atoms with van der Waals surface area (Å²) < 4.78 is 4.97. The number of nitrogens with one attached hydrogen (secondary N) is 1. The SMILES string of the molecule is COCCCSc1cc(Cl)ccc1C(=N)N. The summed E-state index contributed by atoms with van der Waals surface area (Å²) >= 11 is 7.56. The Morgan fingerprint density at radius 3 is 2.94 bits per heavy atom. The molecule has 0 atom stereocenters. The van der Waals surface area contributed by atoms with Crippen LogP contribution < -0.4 is 5.73 Å². The third-order valence-corrected chi connectivity index (χ3v) is 3.36. The molecule has 1 rings (SSSR count). The first-order valence-corrected chi connectivity index (χ1v) is 6.27. The molecule has 0 saturated carbocycles. The second-order valence-corrected chi connectivity index (χ2v) is 4.82. The Bertz CT molecular complexity index is 371. The largest absolute Gasteiger partial charge is 0.385 e. The fraction of sp³-hybridized carbons (Fsp3) is 0.364. The number of halogens is 1. The molecule has 0 heterocycles. The molecule has 3 N–H and O–H groups in total. The Morgan fingerprint density at radius 1 is 1.56 bits per heavy atom. The molecule has 0 unspecified atom stereocenters. The third-order valence-electron chi connectivity index (χ3n) is 1.98. The highest BCUT2D eigenvalue weighted by atomic mass is 35.5. The van der Waals surface area contributed by atoms with E-state index in [1.165, 1.54) is 0 Å². The van der Waals surface area contributed by atoms with Crippen molar-refractivity contribution in [1.82, 2.24) is 0 Å². The van der Waals surface area contributed by atoms with Gasteiger partial charge in [-0.05, 0) is 24.6 Å². The van der Waals surface area contributed by atoms with Crippen LogP contribution in [0.1, 0.15) is 12.0 Å². The highest BCUT2D eigenvalue weighted by Crippen LogP contribution is 2.26. The topological polar surface area (TPSA) is 59.1 Å². The van der Waals surface area contributed by atoms with E-state index in [1.807, 2.05) is 6.07 Å². The highest BCUT2D eigenvalue weighted by Gasteiger charge is 2.06. The van der Waals surface area contributed by atoms with Crippen molar-refractivity contribution in [1.29, 1.82) is 5.41 Å². The fourth-order valence-electron chi connectivity index (χ4n) is 1.22. The lowest BCUT2D eigenvalue weighted by atomic mass is 10.2. The van der Waals surface area contributed by atoms with E-state index in [-0.39, 0.29) is 5.84 Å². The predicted molar refractivity (Wildman–Crippen MR) is 69.7 cm³/mol. The van der Waals surface area contributed by atoms with Gasteiger partial charge in [0.05, 0.1) is 0 Å². The van der Waals surface area contributed by atoms with Crippen molar-refractivity contribution in [3.05, 3.63) is 28.8 Å². The fourth-order valence-corrected chi connectivity index (χ4v) is 2.49. The number of hydrogen-bond acceptors (Lipinski definition) is 3. The molecule has 0 aliphatic carbocycles. The summed E-state index contributed by atoms with van der Waals surface area (Å²) in [5, 5.41) is 8.13. The number of rotatable bonds is 6. The third kappa shape index (κ3) is 4.04. The summed E-state index contributed by atoms with van der Waals surface area (Å²) in [5.74, 6) is 1.000. The van der Waals surface area contributed by atoms with Gasteiger partial charge in [-0.2, -0.15) is 0 Å². The minimum absolute atomic E-state index is 0.0749. The van der Waals surface area contributed by atoms with Gasteiger partial charge in [-0.15, -0.1) is 11.8 Å². The van der Waals surface area contributed by atoms with Crippen LogP contribution in [-0.4, -0.2) is 25.3 Å². The van der Waals surface area contributed by atoms with Crippen LogP contribution in [0.15, 0.2) is 23.1 Å². The van der Waals surface area contributed by atoms with Gasteiger partial charge in [0.2, 0.25) is 0 Å². The van der Waals surface area contributed by atoms with Crippen molar-refractivity contribution in [3.8, 4) is 0 Å². The minimum atomic E-state index is 0.0749. The molecular formula is C11H15ClN2OS. The van der Waals surface area contributed by atoms with E-state index in [4.69, 9.17) is 27.5 Å². The van der Waals surface area contributed by atoms with Crippen LogP contribution in [0.3, 0.4) is 0 Å². The molecule has 1 aromatic rings. The van der Waals surface area contributed by atoms with E-state index >= 15 is 0 Å². The molecule has 3 nitrogen and oxygen atoms in total. The van der Waals surface area contributed by atoms with Gasteiger partial charge in [0, 0.05) is 35.0 Å². The van der Waals surface area contributed by atoms with Crippen LogP contribution in [0.5, 0.6) is 0 Å². The molecule has 88 valence electrons. The first-order valence-electron chi connectivity index (χ1n) is 4.91. The molecule has 16 heavy (non-hydrogen) atoms. The average molecular weight is 259 g/mol. The van der Waals surface area contributed by atoms with E-state index in [9.17, 15) is 0 Å². The molecular weight excluding hydrogens is 244 g/mol. The van der Waals surface area contributed by atoms with Crippen LogP contribution in [0, 0.1) is 5.41 Å². The molecule has 0 aromatic heterocycles. The molecule has 1 aromatic carbocycles. The van der Waals surface area contributed by atoms with Crippen molar-refractivity contribution < 1.29 is 4.74 Å². The first kappa shape index (κ1) is 13.4. The Hall–Kier alpha value is -0.710. The van der Waals surface area contributed by atoms with E-state index in [2.05, 4.69) is 0 Å². The van der Waals surface area contributed by atoms with E-state index in [0.717, 1.165) is 29.2 Å². The van der Waals surface area contributed by atoms with Crippen molar-refractivity contribution in [2.75, 3.05) is 19.5 Å². The second-order valence-electron chi connectivity index (χ2n) is 3.25. The number of thioether (sulfide) groups is 1. The molecule has 0 radical (unpaired) electrons. The zero-order valence-corrected chi connectivity index (χ0v) is 10.7. The molecule has 0 aliphatic heterocycles. The smallest absolute Gasteiger partial charge is 0.123 e. The summed E-state index contributed by atoms with van der Waals surface area (Å²) in [6.45, 7) is 0.739. The van der Waals surface area contributed by atoms with Crippen molar-refractivity contribution >= 4 is 29.2 Å². The second kappa shape index (κ2) is 6.78. The average Bonchev–Trinajstić information content (AvgIpc) is 2.24. The summed E-state index contributed by atoms with van der Waals surface area (Å²) in [4.78, 5) is 0.955. The lowest BCUT2D eigenvalue weighted by Crippen LogP contribution is -2.12. The van der Waals surface area contributed by atoms with Crippen LogP contribution in [-0.2, 0) is 4.74 Å². The van der Waals surface area contributed by atoms with Gasteiger partial charge >= 0.3 is 0 Å². The van der Waals surface area contributed by atoms with Crippen LogP contribution in [0.25, 0.3) is 0 Å². The van der Waals surface area contributed by atoms with Gasteiger partial charge in [-0.3, -0.25) is 5.41 Å². The Kier molecular flexibility index (Phi) is 5.66. The summed E-state index contributed by atoms with van der Waals surface area (Å²) in [7, 11) is 1.69. The van der Waals surface area contributed by atoms with Crippen LogP contribution >= 0.6 is 23.4 Å². The molecule has 0 spiro atoms. The molecule has 0 amide bonds. The van der Waals surface area contributed by atoms with E-state index < -0.39 is 0 Å². The quantitative estimate of drug-likeness (QED) is 0.357. The lowest BCUT2D eigenvalue weighted by Gasteiger charge is -2.08. The molecule has 0 bridgehead atoms. The van der Waals surface area contributed by atoms with Gasteiger partial charge < -0.3 is 10.5 Å². The maximum atomic E-state index is 7.46. The van der Waals surface area contributed by atoms with Crippen molar-refractivity contribution in [3.63, 3.8) is 0 Å². The maximum absolute atomic E-state index is 7.46. The lowest BCUT2D eigenvalue weighted by molar-refractivity contribution is 0.200. The Morgan fingerprint density at radius 2 is 2.31 bits per heavy atom. The van der Waals surface area contributed by atoms with Gasteiger partial charge in [0.25, 0.3) is 0 Å². The Balaban J connectivity index is 2.68. The highest BCUT2D eigenvalue weighted by molar-refractivity contribution is 7.99. The van der Waals surface area contributed by atoms with Crippen LogP contribution in [0.4, 0.5) is 0 Å². The standard InChI is InChI=1S/C11H15ClN2OS/c1-15-5-2-6-16-10-7-8(12)3-4-9(10)11(13)14/h3-4,7H,2,5-6H2,1H3,(H3,13,14). The Labute approximate surface area is 105 Å². The normalized spacial score (nSPS) is 10.4. The van der Waals surface area contributed by atoms with E-state index in [0.29, 0.717) is 5.02 Å². The number of nitrogen functional groups attached to an aromatic ring is 1. The van der Waals surface area contributed by atoms with E-state index in [1.54, 1.807) is 31.0 Å². The van der Waals surface area contributed by atoms with Crippen molar-refractivity contribution in [2.45, 2.75) is 11.3 Å². The first-order chi connectivity index (χ1) is 7.65. The van der Waals surface area contributed by atoms with Crippen molar-refractivity contribution in [2.24, 2.45) is 5.73 Å². The number of methoxy groups -OCH3 is 1. The zero-order chi connectivity index (χ0) is 12.0. The molecule has 0 aliphatic rings. The van der Waals surface area contributed by atoms with Gasteiger partial charge in [0.1, 0.15) is 5.84 Å². The van der Waals surface area contributed by atoms with Gasteiger partial charge in [0.15, 0.2) is 0 Å².